The molecule has 7 nitrogen and oxygen atoms in total. The Balaban J connectivity index is 4.25. The molecule has 4 N–H and O–H groups in total. The van der Waals surface area contributed by atoms with E-state index in [0.29, 0.717) is 12.2 Å². The highest BCUT2D eigenvalue weighted by molar-refractivity contribution is 7.98. The van der Waals surface area contributed by atoms with Gasteiger partial charge in [0.25, 0.3) is 0 Å². The van der Waals surface area contributed by atoms with Crippen LogP contribution in [0.1, 0.15) is 13.3 Å². The third-order valence-corrected chi connectivity index (χ3v) is 2.85. The maximum Gasteiger partial charge on any atom is 0.326 e. The molecular weight excluding hydrogens is 258 g/mol. The number of hydrogen-bond donors (Lipinski definition) is 4. The van der Waals surface area contributed by atoms with E-state index in [2.05, 4.69) is 16.0 Å². The van der Waals surface area contributed by atoms with Crippen molar-refractivity contribution in [1.82, 2.24) is 16.0 Å². The van der Waals surface area contributed by atoms with Crippen LogP contribution in [-0.2, 0) is 9.59 Å². The molecule has 0 saturated carbocycles. The molecule has 104 valence electrons. The van der Waals surface area contributed by atoms with Gasteiger partial charge in [0.15, 0.2) is 0 Å². The van der Waals surface area contributed by atoms with Gasteiger partial charge >= 0.3 is 12.0 Å². The van der Waals surface area contributed by atoms with Gasteiger partial charge < -0.3 is 21.1 Å². The van der Waals surface area contributed by atoms with Crippen LogP contribution in [-0.4, -0.2) is 54.2 Å². The van der Waals surface area contributed by atoms with Crippen molar-refractivity contribution in [1.29, 1.82) is 0 Å². The van der Waals surface area contributed by atoms with Crippen LogP contribution in [0.25, 0.3) is 0 Å². The zero-order valence-electron chi connectivity index (χ0n) is 10.6. The molecule has 0 aliphatic heterocycles. The Morgan fingerprint density at radius 1 is 1.28 bits per heavy atom. The van der Waals surface area contributed by atoms with Crippen LogP contribution in [0.4, 0.5) is 4.79 Å². The minimum atomic E-state index is -1.09. The van der Waals surface area contributed by atoms with Crippen molar-refractivity contribution in [3.05, 3.63) is 0 Å². The minimum Gasteiger partial charge on any atom is -0.480 e. The first-order chi connectivity index (χ1) is 8.42. The first-order valence-electron chi connectivity index (χ1n) is 5.42. The molecule has 0 aromatic rings. The van der Waals surface area contributed by atoms with E-state index in [1.54, 1.807) is 0 Å². The Morgan fingerprint density at radius 3 is 2.33 bits per heavy atom. The molecule has 18 heavy (non-hydrogen) atoms. The van der Waals surface area contributed by atoms with Crippen LogP contribution in [0.15, 0.2) is 0 Å². The van der Waals surface area contributed by atoms with E-state index >= 15 is 0 Å². The number of carbonyl (C=O) groups is 3. The van der Waals surface area contributed by atoms with Gasteiger partial charge in [0.1, 0.15) is 12.1 Å². The van der Waals surface area contributed by atoms with E-state index in [0.717, 1.165) is 0 Å². The summed E-state index contributed by atoms with van der Waals surface area (Å²) in [6, 6.07) is -2.33. The lowest BCUT2D eigenvalue weighted by atomic mass is 10.2. The van der Waals surface area contributed by atoms with Crippen molar-refractivity contribution in [2.24, 2.45) is 0 Å². The Morgan fingerprint density at radius 2 is 1.89 bits per heavy atom. The number of likely N-dealkylation sites (N-methyl/N-ethyl adjacent to an activating group) is 1. The Bertz CT molecular complexity index is 311. The Hall–Kier alpha value is -1.44. The number of urea groups is 1. The van der Waals surface area contributed by atoms with Gasteiger partial charge in [-0.1, -0.05) is 0 Å². The van der Waals surface area contributed by atoms with Gasteiger partial charge in [-0.05, 0) is 25.4 Å². The van der Waals surface area contributed by atoms with Crippen molar-refractivity contribution < 1.29 is 19.5 Å². The highest BCUT2D eigenvalue weighted by atomic mass is 32.2. The van der Waals surface area contributed by atoms with Gasteiger partial charge in [-0.2, -0.15) is 11.8 Å². The fourth-order valence-corrected chi connectivity index (χ4v) is 1.64. The average molecular weight is 277 g/mol. The maximum atomic E-state index is 11.5. The van der Waals surface area contributed by atoms with Gasteiger partial charge in [0.2, 0.25) is 5.91 Å². The summed E-state index contributed by atoms with van der Waals surface area (Å²) in [5, 5.41) is 16.0. The van der Waals surface area contributed by atoms with Crippen LogP contribution in [0.2, 0.25) is 0 Å². The fourth-order valence-electron chi connectivity index (χ4n) is 1.17. The third-order valence-electron chi connectivity index (χ3n) is 2.20. The largest absolute Gasteiger partial charge is 0.480 e. The number of nitrogens with one attached hydrogen (secondary N) is 3. The van der Waals surface area contributed by atoms with Gasteiger partial charge in [0, 0.05) is 7.05 Å². The monoisotopic (exact) mass is 277 g/mol. The molecule has 0 aliphatic rings. The highest BCUT2D eigenvalue weighted by Gasteiger charge is 2.21. The summed E-state index contributed by atoms with van der Waals surface area (Å²) in [5.41, 5.74) is 0. The normalized spacial score (nSPS) is 13.3. The maximum absolute atomic E-state index is 11.5. The molecule has 0 heterocycles. The first-order valence-corrected chi connectivity index (χ1v) is 6.82. The zero-order valence-corrected chi connectivity index (χ0v) is 11.5. The molecule has 8 heteroatoms. The van der Waals surface area contributed by atoms with E-state index in [-0.39, 0.29) is 5.91 Å². The van der Waals surface area contributed by atoms with Gasteiger partial charge in [0.05, 0.1) is 0 Å². The highest BCUT2D eigenvalue weighted by Crippen LogP contribution is 2.00. The topological polar surface area (TPSA) is 108 Å². The lowest BCUT2D eigenvalue weighted by Crippen LogP contribution is -2.52. The second-order valence-electron chi connectivity index (χ2n) is 3.63. The summed E-state index contributed by atoms with van der Waals surface area (Å²) < 4.78 is 0. The molecule has 0 radical (unpaired) electrons. The number of hydrogen-bond acceptors (Lipinski definition) is 4. The van der Waals surface area contributed by atoms with Crippen LogP contribution in [0, 0.1) is 0 Å². The van der Waals surface area contributed by atoms with Crippen LogP contribution in [0.3, 0.4) is 0 Å². The van der Waals surface area contributed by atoms with Crippen molar-refractivity contribution in [3.8, 4) is 0 Å². The van der Waals surface area contributed by atoms with Crippen molar-refractivity contribution in [3.63, 3.8) is 0 Å². The van der Waals surface area contributed by atoms with E-state index in [1.165, 1.54) is 25.7 Å². The predicted octanol–water partition coefficient (Wildman–Crippen LogP) is -0.374. The van der Waals surface area contributed by atoms with Crippen LogP contribution < -0.4 is 16.0 Å². The molecule has 0 aromatic heterocycles. The van der Waals surface area contributed by atoms with Crippen molar-refractivity contribution in [2.45, 2.75) is 25.4 Å². The summed E-state index contributed by atoms with van der Waals surface area (Å²) in [4.78, 5) is 33.5. The Labute approximate surface area is 110 Å². The number of rotatable bonds is 7. The Kier molecular flexibility index (Phi) is 7.93. The molecule has 1 unspecified atom stereocenters. The second-order valence-corrected chi connectivity index (χ2v) is 4.61. The lowest BCUT2D eigenvalue weighted by molar-refractivity contribution is -0.139. The fraction of sp³-hybridized carbons (Fsp3) is 0.700. The average Bonchev–Trinajstić information content (AvgIpc) is 2.32. The molecular formula is C10H19N3O4S. The number of aliphatic carboxylic acids is 1. The van der Waals surface area contributed by atoms with Gasteiger partial charge in [-0.15, -0.1) is 0 Å². The van der Waals surface area contributed by atoms with E-state index in [1.807, 2.05) is 6.26 Å². The second kappa shape index (κ2) is 8.62. The molecule has 0 fully saturated rings. The van der Waals surface area contributed by atoms with Crippen LogP contribution >= 0.6 is 11.8 Å². The minimum absolute atomic E-state index is 0.332. The molecule has 0 bridgehead atoms. The number of carboxylic acids is 1. The van der Waals surface area contributed by atoms with E-state index < -0.39 is 24.1 Å². The van der Waals surface area contributed by atoms with Gasteiger partial charge in [-0.3, -0.25) is 4.79 Å². The summed E-state index contributed by atoms with van der Waals surface area (Å²) in [7, 11) is 1.46. The molecule has 0 aromatic carbocycles. The number of thioether (sulfide) groups is 1. The molecule has 0 spiro atoms. The summed E-state index contributed by atoms with van der Waals surface area (Å²) in [6.45, 7) is 1.51. The predicted molar refractivity (Wildman–Crippen MR) is 69.6 cm³/mol. The summed E-state index contributed by atoms with van der Waals surface area (Å²) in [5.74, 6) is -0.810. The zero-order chi connectivity index (χ0) is 14.1. The smallest absolute Gasteiger partial charge is 0.326 e. The third kappa shape index (κ3) is 6.33. The number of carboxylic acid groups (broad SMARTS) is 1. The first kappa shape index (κ1) is 16.6. The van der Waals surface area contributed by atoms with Crippen molar-refractivity contribution in [2.75, 3.05) is 19.1 Å². The quantitative estimate of drug-likeness (QED) is 0.508. The molecule has 0 rings (SSSR count). The molecule has 3 amide bonds. The molecule has 0 aliphatic carbocycles. The number of amides is 3. The summed E-state index contributed by atoms with van der Waals surface area (Å²) >= 11 is 1.50. The van der Waals surface area contributed by atoms with Crippen molar-refractivity contribution >= 4 is 29.7 Å². The summed E-state index contributed by atoms with van der Waals surface area (Å²) in [6.07, 6.45) is 2.19. The molecule has 0 saturated heterocycles. The van der Waals surface area contributed by atoms with E-state index in [4.69, 9.17) is 5.11 Å². The molecule has 2 atom stereocenters. The number of carbonyl (C=O) groups excluding carboxylic acids is 2. The van der Waals surface area contributed by atoms with E-state index in [9.17, 15) is 14.4 Å². The SMILES string of the molecule is CNC(=O)C(C)NC(=O)N[C@H](CCSC)C(=O)O. The lowest BCUT2D eigenvalue weighted by Gasteiger charge is -2.17. The van der Waals surface area contributed by atoms with Gasteiger partial charge in [-0.25, -0.2) is 9.59 Å². The standard InChI is InChI=1S/C10H19N3O4S/c1-6(8(14)11-2)12-10(17)13-7(9(15)16)4-5-18-3/h6-7H,4-5H2,1-3H3,(H,11,14)(H,15,16)(H2,12,13,17)/t6?,7-/m1/s1. The van der Waals surface area contributed by atoms with Crippen LogP contribution in [0.5, 0.6) is 0 Å².